The highest BCUT2D eigenvalue weighted by molar-refractivity contribution is 7.92. The molecule has 13 heteroatoms. The van der Waals surface area contributed by atoms with E-state index in [0.29, 0.717) is 24.2 Å². The van der Waals surface area contributed by atoms with Gasteiger partial charge in [-0.2, -0.15) is 22.5 Å². The Hall–Kier alpha value is -3.45. The first-order valence-corrected chi connectivity index (χ1v) is 13.7. The summed E-state index contributed by atoms with van der Waals surface area (Å²) in [5.74, 6) is -0.557. The lowest BCUT2D eigenvalue weighted by molar-refractivity contribution is -0.137. The van der Waals surface area contributed by atoms with Crippen molar-refractivity contribution in [3.8, 4) is 0 Å². The Balaban J connectivity index is 1.61. The molecule has 1 amide bonds. The molecule has 2 heterocycles. The van der Waals surface area contributed by atoms with Crippen molar-refractivity contribution >= 4 is 39.1 Å². The molecule has 38 heavy (non-hydrogen) atoms. The average Bonchev–Trinajstić information content (AvgIpc) is 3.31. The van der Waals surface area contributed by atoms with Gasteiger partial charge in [-0.1, -0.05) is 38.5 Å². The minimum Gasteiger partial charge on any atom is -0.350 e. The summed E-state index contributed by atoms with van der Waals surface area (Å²) in [4.78, 5) is 19.9. The lowest BCUT2D eigenvalue weighted by Gasteiger charge is -2.25. The minimum absolute atomic E-state index is 0.0957. The number of halogens is 3. The number of anilines is 4. The quantitative estimate of drug-likeness (QED) is 0.368. The Morgan fingerprint density at radius 1 is 1.18 bits per heavy atom. The van der Waals surface area contributed by atoms with Crippen molar-refractivity contribution in [3.63, 3.8) is 0 Å². The Kier molecular flexibility index (Phi) is 8.07. The first-order valence-electron chi connectivity index (χ1n) is 12.1. The van der Waals surface area contributed by atoms with Gasteiger partial charge in [0.05, 0.1) is 11.4 Å². The van der Waals surface area contributed by atoms with Crippen LogP contribution in [0.15, 0.2) is 49.0 Å². The number of hydrogen-bond acceptors (Lipinski definition) is 7. The number of alkyl halides is 3. The molecule has 1 aliphatic carbocycles. The highest BCUT2D eigenvalue weighted by atomic mass is 32.2. The minimum atomic E-state index is -4.75. The molecule has 0 radical (unpaired) electrons. The van der Waals surface area contributed by atoms with Crippen LogP contribution in [0.4, 0.5) is 36.3 Å². The van der Waals surface area contributed by atoms with E-state index in [-0.39, 0.29) is 24.7 Å². The van der Waals surface area contributed by atoms with Crippen LogP contribution in [0.2, 0.25) is 0 Å². The number of rotatable bonds is 10. The van der Waals surface area contributed by atoms with Crippen LogP contribution in [0, 0.1) is 5.92 Å². The zero-order chi connectivity index (χ0) is 27.5. The fourth-order valence-corrected chi connectivity index (χ4v) is 5.35. The summed E-state index contributed by atoms with van der Waals surface area (Å²) in [6.07, 6.45) is 1.64. The van der Waals surface area contributed by atoms with Crippen molar-refractivity contribution in [3.05, 3.63) is 60.2 Å². The molecule has 2 fully saturated rings. The van der Waals surface area contributed by atoms with E-state index in [4.69, 9.17) is 0 Å². The van der Waals surface area contributed by atoms with Gasteiger partial charge < -0.3 is 16.0 Å². The zero-order valence-electron chi connectivity index (χ0n) is 20.6. The predicted molar refractivity (Wildman–Crippen MR) is 139 cm³/mol. The van der Waals surface area contributed by atoms with Crippen LogP contribution in [-0.4, -0.2) is 47.7 Å². The Morgan fingerprint density at radius 2 is 1.95 bits per heavy atom. The average molecular weight is 551 g/mol. The maximum atomic E-state index is 13.8. The second-order valence-electron chi connectivity index (χ2n) is 9.35. The molecule has 2 aromatic rings. The molecule has 1 aromatic heterocycles. The van der Waals surface area contributed by atoms with Gasteiger partial charge in [0.2, 0.25) is 21.9 Å². The van der Waals surface area contributed by atoms with Gasteiger partial charge >= 0.3 is 6.18 Å². The molecular weight excluding hydrogens is 521 g/mol. The summed E-state index contributed by atoms with van der Waals surface area (Å²) in [5.41, 5.74) is 0.386. The standard InChI is InChI=1S/C25H29F3N6O3S/c1-3-22(35)31-21-13-17(12-16-6-5-7-16)8-9-20(21)32-23-19(25(26,27)28)14-29-24(33-23)30-18-10-11-34(15-18)38(36,37)4-2/h3-4,8-9,13-14,16,18H,1-2,5-7,10-12,15H2,(H,31,35)(H2,29,30,32,33). The molecule has 2 aliphatic rings. The van der Waals surface area contributed by atoms with E-state index < -0.39 is 39.5 Å². The molecule has 0 bridgehead atoms. The van der Waals surface area contributed by atoms with Crippen molar-refractivity contribution in [1.29, 1.82) is 0 Å². The molecule has 1 unspecified atom stereocenters. The Morgan fingerprint density at radius 3 is 2.58 bits per heavy atom. The van der Waals surface area contributed by atoms with E-state index in [1.165, 1.54) is 10.7 Å². The molecule has 1 aliphatic heterocycles. The molecular formula is C25H29F3N6O3S. The van der Waals surface area contributed by atoms with Crippen LogP contribution < -0.4 is 16.0 Å². The first kappa shape index (κ1) is 27.6. The van der Waals surface area contributed by atoms with Crippen LogP contribution >= 0.6 is 0 Å². The number of sulfonamides is 1. The third-order valence-electron chi connectivity index (χ3n) is 6.68. The van der Waals surface area contributed by atoms with Gasteiger partial charge in [-0.25, -0.2) is 13.4 Å². The van der Waals surface area contributed by atoms with Crippen LogP contribution in [0.1, 0.15) is 36.8 Å². The highest BCUT2D eigenvalue weighted by Gasteiger charge is 2.36. The molecule has 0 spiro atoms. The van der Waals surface area contributed by atoms with Gasteiger partial charge in [0.15, 0.2) is 0 Å². The molecule has 3 N–H and O–H groups in total. The fourth-order valence-electron chi connectivity index (χ4n) is 4.39. The number of carbonyl (C=O) groups is 1. The lowest BCUT2D eigenvalue weighted by atomic mass is 9.81. The summed E-state index contributed by atoms with van der Waals surface area (Å²) in [6.45, 7) is 7.08. The maximum absolute atomic E-state index is 13.8. The summed E-state index contributed by atoms with van der Waals surface area (Å²) >= 11 is 0. The summed E-state index contributed by atoms with van der Waals surface area (Å²) in [7, 11) is -3.61. The van der Waals surface area contributed by atoms with E-state index in [1.807, 2.05) is 6.07 Å². The van der Waals surface area contributed by atoms with E-state index in [1.54, 1.807) is 12.1 Å². The van der Waals surface area contributed by atoms with Gasteiger partial charge in [0, 0.05) is 30.7 Å². The third kappa shape index (κ3) is 6.51. The smallest absolute Gasteiger partial charge is 0.350 e. The SMILES string of the molecule is C=CC(=O)Nc1cc(CC2CCC2)ccc1Nc1nc(NC2CCN(S(=O)(=O)C=C)C2)ncc1C(F)(F)F. The maximum Gasteiger partial charge on any atom is 0.421 e. The molecule has 204 valence electrons. The predicted octanol–water partition coefficient (Wildman–Crippen LogP) is 4.67. The zero-order valence-corrected chi connectivity index (χ0v) is 21.4. The van der Waals surface area contributed by atoms with Crippen molar-refractivity contribution in [2.24, 2.45) is 5.92 Å². The number of carbonyl (C=O) groups excluding carboxylic acids is 1. The Bertz CT molecular complexity index is 1330. The van der Waals surface area contributed by atoms with Crippen LogP contribution in [-0.2, 0) is 27.4 Å². The largest absolute Gasteiger partial charge is 0.421 e. The number of hydrogen-bond donors (Lipinski definition) is 3. The topological polar surface area (TPSA) is 116 Å². The van der Waals surface area contributed by atoms with E-state index >= 15 is 0 Å². The number of aromatic nitrogens is 2. The number of benzene rings is 1. The van der Waals surface area contributed by atoms with Crippen molar-refractivity contribution in [1.82, 2.24) is 14.3 Å². The van der Waals surface area contributed by atoms with Gasteiger partial charge in [-0.15, -0.1) is 0 Å². The highest BCUT2D eigenvalue weighted by Crippen LogP contribution is 2.37. The first-order chi connectivity index (χ1) is 18.0. The molecule has 4 rings (SSSR count). The normalized spacial score (nSPS) is 18.4. The second kappa shape index (κ2) is 11.1. The van der Waals surface area contributed by atoms with E-state index in [2.05, 4.69) is 39.1 Å². The van der Waals surface area contributed by atoms with Crippen LogP contribution in [0.3, 0.4) is 0 Å². The van der Waals surface area contributed by atoms with Gasteiger partial charge in [-0.3, -0.25) is 4.79 Å². The van der Waals surface area contributed by atoms with E-state index in [0.717, 1.165) is 36.3 Å². The van der Waals surface area contributed by atoms with Gasteiger partial charge in [-0.05, 0) is 42.5 Å². The lowest BCUT2D eigenvalue weighted by Crippen LogP contribution is -2.30. The summed E-state index contributed by atoms with van der Waals surface area (Å²) in [6, 6.07) is 4.76. The monoisotopic (exact) mass is 550 g/mol. The van der Waals surface area contributed by atoms with Gasteiger partial charge in [0.25, 0.3) is 0 Å². The summed E-state index contributed by atoms with van der Waals surface area (Å²) in [5, 5.41) is 9.14. The molecule has 1 saturated heterocycles. The van der Waals surface area contributed by atoms with E-state index in [9.17, 15) is 26.4 Å². The number of amides is 1. The van der Waals surface area contributed by atoms with Crippen molar-refractivity contribution in [2.75, 3.05) is 29.0 Å². The Labute approximate surface area is 219 Å². The van der Waals surface area contributed by atoms with Gasteiger partial charge in [0.1, 0.15) is 11.4 Å². The summed E-state index contributed by atoms with van der Waals surface area (Å²) < 4.78 is 66.7. The molecule has 1 saturated carbocycles. The number of nitrogens with one attached hydrogen (secondary N) is 3. The van der Waals surface area contributed by atoms with Crippen molar-refractivity contribution in [2.45, 2.75) is 44.3 Å². The number of nitrogens with zero attached hydrogens (tertiary/aromatic N) is 3. The fraction of sp³-hybridized carbons (Fsp3) is 0.400. The molecule has 1 aromatic carbocycles. The van der Waals surface area contributed by atoms with Crippen LogP contribution in [0.25, 0.3) is 0 Å². The third-order valence-corrected chi connectivity index (χ3v) is 8.15. The van der Waals surface area contributed by atoms with Crippen molar-refractivity contribution < 1.29 is 26.4 Å². The molecule has 9 nitrogen and oxygen atoms in total. The second-order valence-corrected chi connectivity index (χ2v) is 11.2. The molecule has 1 atom stereocenters. The van der Waals surface area contributed by atoms with Crippen LogP contribution in [0.5, 0.6) is 0 Å².